The van der Waals surface area contributed by atoms with Crippen LogP contribution in [0.3, 0.4) is 0 Å². The third-order valence-corrected chi connectivity index (χ3v) is 8.18. The average molecular weight is 601 g/mol. The monoisotopic (exact) mass is 600 g/mol. The Morgan fingerprint density at radius 2 is 1.04 bits per heavy atom. The Morgan fingerprint density at radius 3 is 1.60 bits per heavy atom. The molecule has 0 fully saturated rings. The van der Waals surface area contributed by atoms with E-state index in [1.54, 1.807) is 12.1 Å². The molecule has 3 atom stereocenters. The molecule has 2 aromatic heterocycles. The van der Waals surface area contributed by atoms with Gasteiger partial charge in [0, 0.05) is 35.9 Å². The molecule has 7 nitrogen and oxygen atoms in total. The standard InChI is InChI=1S/C38H36N2O5/c41-34(33(20-27-13-5-2-6-14-27)40-25-31-22-29-16-8-10-18-36(29)45-38(31)43)23-32(19-26-11-3-1-4-12-26)39-24-30-21-28-15-7-9-17-35(28)44-37(30)42/h1-18,21-22,32-34,39-41H,19-20,23-25H2/t32-,33-,34-/m0/s1. The quantitative estimate of drug-likeness (QED) is 0.145. The smallest absolute Gasteiger partial charge is 0.340 e. The predicted molar refractivity (Wildman–Crippen MR) is 177 cm³/mol. The molecule has 6 aromatic rings. The van der Waals surface area contributed by atoms with Gasteiger partial charge in [-0.25, -0.2) is 9.59 Å². The zero-order valence-electron chi connectivity index (χ0n) is 24.9. The van der Waals surface area contributed by atoms with Crippen molar-refractivity contribution in [1.29, 1.82) is 0 Å². The van der Waals surface area contributed by atoms with Crippen LogP contribution in [0.1, 0.15) is 28.7 Å². The minimum absolute atomic E-state index is 0.154. The van der Waals surface area contributed by atoms with E-state index in [-0.39, 0.29) is 24.3 Å². The molecule has 0 unspecified atom stereocenters. The van der Waals surface area contributed by atoms with Crippen LogP contribution in [0.4, 0.5) is 0 Å². The van der Waals surface area contributed by atoms with Gasteiger partial charge in [-0.2, -0.15) is 0 Å². The second-order valence-corrected chi connectivity index (χ2v) is 11.4. The third kappa shape index (κ3) is 7.83. The van der Waals surface area contributed by atoms with Crippen molar-refractivity contribution in [2.75, 3.05) is 0 Å². The summed E-state index contributed by atoms with van der Waals surface area (Å²) >= 11 is 0. The molecule has 4 aromatic carbocycles. The molecule has 3 N–H and O–H groups in total. The number of hydrogen-bond acceptors (Lipinski definition) is 7. The molecule has 0 bridgehead atoms. The molecule has 6 rings (SSSR count). The van der Waals surface area contributed by atoms with Crippen LogP contribution in [-0.2, 0) is 25.9 Å². The number of para-hydroxylation sites is 2. The minimum Gasteiger partial charge on any atom is -0.422 e. The van der Waals surface area contributed by atoms with Crippen LogP contribution in [0.2, 0.25) is 0 Å². The van der Waals surface area contributed by atoms with Crippen molar-refractivity contribution in [3.8, 4) is 0 Å². The number of hydrogen-bond donors (Lipinski definition) is 3. The molecule has 0 radical (unpaired) electrons. The molecule has 0 saturated carbocycles. The fraction of sp³-hybridized carbons (Fsp3) is 0.211. The first kappa shape index (κ1) is 30.2. The number of benzene rings is 4. The Labute approximate surface area is 261 Å². The number of nitrogens with one attached hydrogen (secondary N) is 2. The molecule has 228 valence electrons. The summed E-state index contributed by atoms with van der Waals surface area (Å²) in [6, 6.07) is 38.1. The Kier molecular flexibility index (Phi) is 9.61. The van der Waals surface area contributed by atoms with E-state index in [0.29, 0.717) is 48.1 Å². The van der Waals surface area contributed by atoms with Gasteiger partial charge in [-0.1, -0.05) is 97.1 Å². The lowest BCUT2D eigenvalue weighted by Gasteiger charge is -2.29. The maximum Gasteiger partial charge on any atom is 0.340 e. The maximum atomic E-state index is 12.8. The molecular weight excluding hydrogens is 564 g/mol. The number of rotatable bonds is 13. The summed E-state index contributed by atoms with van der Waals surface area (Å²) in [6.45, 7) is 0.545. The zero-order valence-corrected chi connectivity index (χ0v) is 24.9. The van der Waals surface area contributed by atoms with Gasteiger partial charge in [0.15, 0.2) is 0 Å². The van der Waals surface area contributed by atoms with Gasteiger partial charge in [0.2, 0.25) is 0 Å². The summed E-state index contributed by atoms with van der Waals surface area (Å²) in [5.41, 5.74) is 3.55. The van der Waals surface area contributed by atoms with Gasteiger partial charge in [-0.05, 0) is 54.7 Å². The number of aliphatic hydroxyl groups is 1. The fourth-order valence-electron chi connectivity index (χ4n) is 5.76. The van der Waals surface area contributed by atoms with Crippen molar-refractivity contribution in [1.82, 2.24) is 10.6 Å². The highest BCUT2D eigenvalue weighted by molar-refractivity contribution is 5.77. The molecule has 7 heteroatoms. The molecule has 45 heavy (non-hydrogen) atoms. The highest BCUT2D eigenvalue weighted by Gasteiger charge is 2.24. The average Bonchev–Trinajstić information content (AvgIpc) is 3.06. The summed E-state index contributed by atoms with van der Waals surface area (Å²) in [4.78, 5) is 25.5. The third-order valence-electron chi connectivity index (χ3n) is 8.18. The Morgan fingerprint density at radius 1 is 0.578 bits per heavy atom. The van der Waals surface area contributed by atoms with Crippen molar-refractivity contribution >= 4 is 21.9 Å². The highest BCUT2D eigenvalue weighted by atomic mass is 16.4. The Balaban J connectivity index is 1.22. The largest absolute Gasteiger partial charge is 0.422 e. The molecule has 0 aliphatic carbocycles. The summed E-state index contributed by atoms with van der Waals surface area (Å²) in [7, 11) is 0. The van der Waals surface area contributed by atoms with E-state index < -0.39 is 11.7 Å². The van der Waals surface area contributed by atoms with E-state index >= 15 is 0 Å². The predicted octanol–water partition coefficient (Wildman–Crippen LogP) is 5.75. The van der Waals surface area contributed by atoms with Crippen LogP contribution in [0, 0.1) is 0 Å². The lowest BCUT2D eigenvalue weighted by Crippen LogP contribution is -2.46. The van der Waals surface area contributed by atoms with Gasteiger partial charge >= 0.3 is 11.3 Å². The summed E-state index contributed by atoms with van der Waals surface area (Å²) in [5.74, 6) is 0. The van der Waals surface area contributed by atoms with Crippen LogP contribution in [0.5, 0.6) is 0 Å². The SMILES string of the molecule is O=c1oc2ccccc2cc1CN[C@@H](Cc1ccccc1)C[C@H](O)[C@H](Cc1ccccc1)NCc1cc2ccccc2oc1=O. The van der Waals surface area contributed by atoms with Gasteiger partial charge < -0.3 is 24.6 Å². The van der Waals surface area contributed by atoms with Crippen LogP contribution >= 0.6 is 0 Å². The van der Waals surface area contributed by atoms with Crippen LogP contribution in [-0.4, -0.2) is 23.3 Å². The van der Waals surface area contributed by atoms with Crippen molar-refractivity contribution in [2.24, 2.45) is 0 Å². The van der Waals surface area contributed by atoms with Crippen molar-refractivity contribution in [3.63, 3.8) is 0 Å². The van der Waals surface area contributed by atoms with E-state index in [0.717, 1.165) is 21.9 Å². The first-order chi connectivity index (χ1) is 22.0. The summed E-state index contributed by atoms with van der Waals surface area (Å²) < 4.78 is 11.1. The van der Waals surface area contributed by atoms with Gasteiger partial charge in [0.05, 0.1) is 17.2 Å². The van der Waals surface area contributed by atoms with E-state index in [4.69, 9.17) is 8.83 Å². The molecule has 0 amide bonds. The maximum absolute atomic E-state index is 12.8. The topological polar surface area (TPSA) is 105 Å². The molecule has 0 saturated heterocycles. The van der Waals surface area contributed by atoms with Crippen molar-refractivity contribution in [2.45, 2.75) is 50.5 Å². The zero-order chi connectivity index (χ0) is 31.0. The number of fused-ring (bicyclic) bond motifs is 2. The Hall–Kier alpha value is -4.82. The van der Waals surface area contributed by atoms with E-state index in [1.165, 1.54) is 0 Å². The summed E-state index contributed by atoms with van der Waals surface area (Å²) in [5, 5.41) is 20.4. The first-order valence-corrected chi connectivity index (χ1v) is 15.3. The van der Waals surface area contributed by atoms with Crippen LogP contribution in [0.15, 0.2) is 140 Å². The van der Waals surface area contributed by atoms with Gasteiger partial charge in [0.25, 0.3) is 0 Å². The fourth-order valence-corrected chi connectivity index (χ4v) is 5.76. The lowest BCUT2D eigenvalue weighted by molar-refractivity contribution is 0.104. The van der Waals surface area contributed by atoms with E-state index in [1.807, 2.05) is 97.1 Å². The molecule has 0 spiro atoms. The van der Waals surface area contributed by atoms with Crippen LogP contribution < -0.4 is 21.9 Å². The second kappa shape index (κ2) is 14.3. The molecule has 2 heterocycles. The van der Waals surface area contributed by atoms with Crippen molar-refractivity contribution < 1.29 is 13.9 Å². The highest BCUT2D eigenvalue weighted by Crippen LogP contribution is 2.17. The van der Waals surface area contributed by atoms with Gasteiger partial charge in [0.1, 0.15) is 11.2 Å². The van der Waals surface area contributed by atoms with Crippen LogP contribution in [0.25, 0.3) is 21.9 Å². The van der Waals surface area contributed by atoms with Crippen molar-refractivity contribution in [3.05, 3.63) is 164 Å². The normalized spacial score (nSPS) is 13.5. The van der Waals surface area contributed by atoms with E-state index in [9.17, 15) is 14.7 Å². The minimum atomic E-state index is -0.771. The lowest BCUT2D eigenvalue weighted by atomic mass is 9.93. The molecular formula is C38H36N2O5. The Bertz CT molecular complexity index is 1970. The molecule has 0 aliphatic heterocycles. The summed E-state index contributed by atoms with van der Waals surface area (Å²) in [6.07, 6.45) is 0.855. The molecule has 0 aliphatic rings. The van der Waals surface area contributed by atoms with Gasteiger partial charge in [-0.3, -0.25) is 0 Å². The van der Waals surface area contributed by atoms with Gasteiger partial charge in [-0.15, -0.1) is 0 Å². The first-order valence-electron chi connectivity index (χ1n) is 15.3. The number of aliphatic hydroxyl groups excluding tert-OH is 1. The van der Waals surface area contributed by atoms with E-state index in [2.05, 4.69) is 22.8 Å². The second-order valence-electron chi connectivity index (χ2n) is 11.4.